The lowest BCUT2D eigenvalue weighted by atomic mass is 9.98. The first-order valence-corrected chi connectivity index (χ1v) is 5.39. The van der Waals surface area contributed by atoms with E-state index < -0.39 is 12.0 Å². The molecule has 0 radical (unpaired) electrons. The summed E-state index contributed by atoms with van der Waals surface area (Å²) in [5.74, 6) is 0.0707. The fraction of sp³-hybridized carbons (Fsp3) is 0.214. The third-order valence-corrected chi connectivity index (χ3v) is 2.91. The fourth-order valence-corrected chi connectivity index (χ4v) is 1.77. The molecule has 0 N–H and O–H groups in total. The Morgan fingerprint density at radius 3 is 2.47 bits per heavy atom. The van der Waals surface area contributed by atoms with Gasteiger partial charge in [-0.25, -0.2) is 0 Å². The molecular weight excluding hydrogens is 219 g/mol. The lowest BCUT2D eigenvalue weighted by Gasteiger charge is -2.08. The van der Waals surface area contributed by atoms with Crippen molar-refractivity contribution in [1.82, 2.24) is 0 Å². The Labute approximate surface area is 99.0 Å². The predicted octanol–water partition coefficient (Wildman–Crippen LogP) is 3.45. The van der Waals surface area contributed by atoms with Crippen molar-refractivity contribution in [2.75, 3.05) is 7.11 Å². The van der Waals surface area contributed by atoms with Gasteiger partial charge in [0.1, 0.15) is 5.75 Å². The van der Waals surface area contributed by atoms with Crippen LogP contribution in [0.25, 0.3) is 10.8 Å². The van der Waals surface area contributed by atoms with Gasteiger partial charge in [-0.15, -0.1) is 0 Å². The summed E-state index contributed by atoms with van der Waals surface area (Å²) in [5.41, 5.74) is 0.690. The lowest BCUT2D eigenvalue weighted by Crippen LogP contribution is -2.02. The summed E-state index contributed by atoms with van der Waals surface area (Å²) in [6, 6.07) is 9.80. The van der Waals surface area contributed by atoms with Gasteiger partial charge in [0.15, 0.2) is 0 Å². The van der Waals surface area contributed by atoms with Crippen molar-refractivity contribution >= 4 is 16.8 Å². The smallest absolute Gasteiger partial charge is 0.308 e. The number of hydrogen-bond donors (Lipinski definition) is 0. The predicted molar refractivity (Wildman–Crippen MR) is 65.0 cm³/mol. The van der Waals surface area contributed by atoms with E-state index in [1.165, 1.54) is 0 Å². The Morgan fingerprint density at radius 2 is 1.82 bits per heavy atom. The van der Waals surface area contributed by atoms with Crippen LogP contribution in [-0.4, -0.2) is 13.1 Å². The number of hydrogen-bond acceptors (Lipinski definition) is 2. The van der Waals surface area contributed by atoms with E-state index in [1.807, 2.05) is 30.3 Å². The van der Waals surface area contributed by atoms with Crippen LogP contribution >= 0.6 is 0 Å². The van der Waals surface area contributed by atoms with Gasteiger partial charge in [-0.3, -0.25) is 4.79 Å². The van der Waals surface area contributed by atoms with Gasteiger partial charge in [0.05, 0.1) is 13.0 Å². The zero-order valence-corrected chi connectivity index (χ0v) is 9.74. The van der Waals surface area contributed by atoms with Crippen molar-refractivity contribution in [3.8, 4) is 5.75 Å². The highest BCUT2D eigenvalue weighted by atomic mass is 19.1. The minimum absolute atomic E-state index is 0.690. The molecule has 0 saturated carbocycles. The number of fused-ring (bicyclic) bond motifs is 1. The SMILES string of the molecule is COc1ccc2cc(C(C)C(=O)F)ccc2c1. The van der Waals surface area contributed by atoms with Gasteiger partial charge >= 0.3 is 6.04 Å². The summed E-state index contributed by atoms with van der Waals surface area (Å²) in [5, 5.41) is 1.98. The van der Waals surface area contributed by atoms with Gasteiger partial charge in [0.2, 0.25) is 0 Å². The molecule has 0 saturated heterocycles. The van der Waals surface area contributed by atoms with Gasteiger partial charge in [-0.1, -0.05) is 24.3 Å². The van der Waals surface area contributed by atoms with Crippen LogP contribution in [0.3, 0.4) is 0 Å². The molecule has 0 amide bonds. The number of rotatable bonds is 3. The van der Waals surface area contributed by atoms with Crippen molar-refractivity contribution < 1.29 is 13.9 Å². The number of carbonyl (C=O) groups excluding carboxylic acids is 1. The molecule has 2 aromatic carbocycles. The average molecular weight is 232 g/mol. The van der Waals surface area contributed by atoms with E-state index in [4.69, 9.17) is 4.74 Å². The van der Waals surface area contributed by atoms with Crippen LogP contribution in [0.2, 0.25) is 0 Å². The molecule has 0 aliphatic rings. The Hall–Kier alpha value is -1.90. The van der Waals surface area contributed by atoms with Crippen molar-refractivity contribution in [3.05, 3.63) is 42.0 Å². The second kappa shape index (κ2) is 4.53. The maximum Gasteiger partial charge on any atom is 0.308 e. The Kier molecular flexibility index (Phi) is 3.09. The normalized spacial score (nSPS) is 12.4. The fourth-order valence-electron chi connectivity index (χ4n) is 1.77. The minimum Gasteiger partial charge on any atom is -0.497 e. The highest BCUT2D eigenvalue weighted by Crippen LogP contribution is 2.25. The molecule has 1 unspecified atom stereocenters. The summed E-state index contributed by atoms with van der Waals surface area (Å²) in [4.78, 5) is 10.7. The number of benzene rings is 2. The zero-order valence-electron chi connectivity index (χ0n) is 9.74. The number of halogens is 1. The number of carbonyl (C=O) groups is 1. The summed E-state index contributed by atoms with van der Waals surface area (Å²) in [6.45, 7) is 1.56. The molecule has 17 heavy (non-hydrogen) atoms. The second-order valence-electron chi connectivity index (χ2n) is 4.00. The largest absolute Gasteiger partial charge is 0.497 e. The van der Waals surface area contributed by atoms with Crippen molar-refractivity contribution in [2.45, 2.75) is 12.8 Å². The van der Waals surface area contributed by atoms with Crippen LogP contribution in [-0.2, 0) is 4.79 Å². The van der Waals surface area contributed by atoms with Crippen LogP contribution in [0.1, 0.15) is 18.4 Å². The third kappa shape index (κ3) is 2.28. The van der Waals surface area contributed by atoms with Crippen LogP contribution in [0.5, 0.6) is 5.75 Å². The zero-order chi connectivity index (χ0) is 12.4. The Balaban J connectivity index is 2.48. The molecule has 1 atom stereocenters. The first-order valence-electron chi connectivity index (χ1n) is 5.39. The molecule has 0 spiro atoms. The summed E-state index contributed by atoms with van der Waals surface area (Å²) in [7, 11) is 1.61. The lowest BCUT2D eigenvalue weighted by molar-refractivity contribution is -0.130. The van der Waals surface area contributed by atoms with E-state index in [-0.39, 0.29) is 0 Å². The highest BCUT2D eigenvalue weighted by molar-refractivity contribution is 5.86. The van der Waals surface area contributed by atoms with Crippen molar-refractivity contribution in [2.24, 2.45) is 0 Å². The van der Waals surface area contributed by atoms with E-state index in [9.17, 15) is 9.18 Å². The number of ether oxygens (including phenoxy) is 1. The molecule has 2 nitrogen and oxygen atoms in total. The summed E-state index contributed by atoms with van der Waals surface area (Å²) in [6.07, 6.45) is 0. The van der Waals surface area contributed by atoms with E-state index in [1.54, 1.807) is 20.1 Å². The molecule has 0 heterocycles. The molecule has 3 heteroatoms. The van der Waals surface area contributed by atoms with E-state index >= 15 is 0 Å². The Morgan fingerprint density at radius 1 is 1.18 bits per heavy atom. The van der Waals surface area contributed by atoms with Crippen molar-refractivity contribution in [1.29, 1.82) is 0 Å². The number of methoxy groups -OCH3 is 1. The summed E-state index contributed by atoms with van der Waals surface area (Å²) < 4.78 is 17.8. The van der Waals surface area contributed by atoms with Crippen LogP contribution in [0.4, 0.5) is 4.39 Å². The second-order valence-corrected chi connectivity index (χ2v) is 4.00. The molecule has 0 bridgehead atoms. The van der Waals surface area contributed by atoms with Gasteiger partial charge in [0, 0.05) is 0 Å². The highest BCUT2D eigenvalue weighted by Gasteiger charge is 2.14. The van der Waals surface area contributed by atoms with Crippen LogP contribution in [0, 0.1) is 0 Å². The quantitative estimate of drug-likeness (QED) is 0.757. The van der Waals surface area contributed by atoms with Crippen LogP contribution in [0.15, 0.2) is 36.4 Å². The molecule has 88 valence electrons. The molecule has 2 aromatic rings. The maximum absolute atomic E-state index is 12.6. The molecule has 2 rings (SSSR count). The van der Waals surface area contributed by atoms with E-state index in [2.05, 4.69) is 0 Å². The Bertz CT molecular complexity index is 563. The van der Waals surface area contributed by atoms with Crippen molar-refractivity contribution in [3.63, 3.8) is 0 Å². The first-order chi connectivity index (χ1) is 8.11. The molecule has 0 aliphatic heterocycles. The van der Waals surface area contributed by atoms with Gasteiger partial charge in [-0.05, 0) is 35.4 Å². The maximum atomic E-state index is 12.6. The van der Waals surface area contributed by atoms with Crippen LogP contribution < -0.4 is 4.74 Å². The third-order valence-electron chi connectivity index (χ3n) is 2.91. The van der Waals surface area contributed by atoms with Gasteiger partial charge in [-0.2, -0.15) is 4.39 Å². The molecular formula is C14H13FO2. The standard InChI is InChI=1S/C14H13FO2/c1-9(14(15)16)10-3-4-12-8-13(17-2)6-5-11(12)7-10/h3-9H,1-2H3. The molecule has 0 fully saturated rings. The van der Waals surface area contributed by atoms with E-state index in [0.717, 1.165) is 16.5 Å². The van der Waals surface area contributed by atoms with E-state index in [0.29, 0.717) is 5.56 Å². The average Bonchev–Trinajstić information content (AvgIpc) is 2.36. The molecule has 0 aromatic heterocycles. The van der Waals surface area contributed by atoms with Gasteiger partial charge < -0.3 is 4.74 Å². The summed E-state index contributed by atoms with van der Waals surface area (Å²) >= 11 is 0. The topological polar surface area (TPSA) is 26.3 Å². The minimum atomic E-state index is -1.31. The monoisotopic (exact) mass is 232 g/mol. The van der Waals surface area contributed by atoms with Gasteiger partial charge in [0.25, 0.3) is 0 Å². The molecule has 0 aliphatic carbocycles. The first kappa shape index (κ1) is 11.6.